The number of phenols is 1. The molecule has 3 nitrogen and oxygen atoms in total. The van der Waals surface area contributed by atoms with Crippen LogP contribution in [-0.4, -0.2) is 14.9 Å². The second kappa shape index (κ2) is 4.45. The number of alkyl halides is 1. The van der Waals surface area contributed by atoms with E-state index < -0.39 is 0 Å². The Kier molecular flexibility index (Phi) is 3.53. The first-order valence-electron chi connectivity index (χ1n) is 3.83. The molecule has 1 aromatic rings. The Labute approximate surface area is 90.3 Å². The van der Waals surface area contributed by atoms with Gasteiger partial charge in [-0.1, -0.05) is 28.7 Å². The van der Waals surface area contributed by atoms with Gasteiger partial charge in [0.2, 0.25) is 5.91 Å². The van der Waals surface area contributed by atoms with Crippen molar-refractivity contribution in [3.8, 4) is 5.75 Å². The van der Waals surface area contributed by atoms with E-state index in [0.29, 0.717) is 5.69 Å². The van der Waals surface area contributed by atoms with Crippen molar-refractivity contribution >= 4 is 34.2 Å². The van der Waals surface area contributed by atoms with E-state index in [2.05, 4.69) is 5.32 Å². The highest BCUT2D eigenvalue weighted by molar-refractivity contribution is 14.1. The number of phenolic OH excluding ortho intramolecular Hbond substituents is 1. The van der Waals surface area contributed by atoms with Gasteiger partial charge in [-0.25, -0.2) is 0 Å². The number of hydrogen-bond donors (Lipinski definition) is 2. The average Bonchev–Trinajstić information content (AvgIpc) is 2.04. The molecular weight excluding hydrogens is 281 g/mol. The summed E-state index contributed by atoms with van der Waals surface area (Å²) in [5.74, 6) is 0.0881. The van der Waals surface area contributed by atoms with E-state index in [-0.39, 0.29) is 15.6 Å². The highest BCUT2D eigenvalue weighted by atomic mass is 127. The Hall–Kier alpha value is -0.780. The molecule has 1 atom stereocenters. The lowest BCUT2D eigenvalue weighted by atomic mass is 10.3. The van der Waals surface area contributed by atoms with Crippen LogP contribution in [0.2, 0.25) is 0 Å². The number of rotatable bonds is 2. The first-order chi connectivity index (χ1) is 6.09. The van der Waals surface area contributed by atoms with E-state index in [1.807, 2.05) is 22.6 Å². The average molecular weight is 291 g/mol. The summed E-state index contributed by atoms with van der Waals surface area (Å²) in [6.07, 6.45) is 0. The van der Waals surface area contributed by atoms with Gasteiger partial charge in [-0.3, -0.25) is 4.79 Å². The third-order valence-electron chi connectivity index (χ3n) is 1.47. The molecule has 1 unspecified atom stereocenters. The quantitative estimate of drug-likeness (QED) is 0.648. The summed E-state index contributed by atoms with van der Waals surface area (Å²) < 4.78 is -0.0834. The SMILES string of the molecule is CC(I)C(=O)Nc1cccc(O)c1. The zero-order chi connectivity index (χ0) is 9.84. The summed E-state index contributed by atoms with van der Waals surface area (Å²) in [4.78, 5) is 11.2. The number of nitrogens with one attached hydrogen (secondary N) is 1. The van der Waals surface area contributed by atoms with Crippen molar-refractivity contribution in [2.75, 3.05) is 5.32 Å². The van der Waals surface area contributed by atoms with Crippen molar-refractivity contribution in [2.24, 2.45) is 0 Å². The lowest BCUT2D eigenvalue weighted by Crippen LogP contribution is -2.19. The largest absolute Gasteiger partial charge is 0.508 e. The van der Waals surface area contributed by atoms with Crippen LogP contribution < -0.4 is 5.32 Å². The third kappa shape index (κ3) is 3.22. The Balaban J connectivity index is 2.69. The first-order valence-corrected chi connectivity index (χ1v) is 5.08. The van der Waals surface area contributed by atoms with Crippen molar-refractivity contribution < 1.29 is 9.90 Å². The minimum Gasteiger partial charge on any atom is -0.508 e. The molecule has 0 aromatic heterocycles. The standard InChI is InChI=1S/C9H10INO2/c1-6(10)9(13)11-7-3-2-4-8(12)5-7/h2-6,12H,1H3,(H,11,13). The second-order valence-corrected chi connectivity index (χ2v) is 4.52. The van der Waals surface area contributed by atoms with Gasteiger partial charge in [0.25, 0.3) is 0 Å². The van der Waals surface area contributed by atoms with Crippen molar-refractivity contribution in [3.05, 3.63) is 24.3 Å². The molecule has 70 valence electrons. The summed E-state index contributed by atoms with van der Waals surface area (Å²) >= 11 is 2.03. The van der Waals surface area contributed by atoms with Gasteiger partial charge in [-0.2, -0.15) is 0 Å². The van der Waals surface area contributed by atoms with Gasteiger partial charge in [0, 0.05) is 11.8 Å². The van der Waals surface area contributed by atoms with Crippen molar-refractivity contribution in [1.82, 2.24) is 0 Å². The topological polar surface area (TPSA) is 49.3 Å². The fourth-order valence-corrected chi connectivity index (χ4v) is 0.981. The van der Waals surface area contributed by atoms with Gasteiger partial charge >= 0.3 is 0 Å². The molecule has 0 bridgehead atoms. The van der Waals surface area contributed by atoms with E-state index in [0.717, 1.165) is 0 Å². The van der Waals surface area contributed by atoms with Gasteiger partial charge in [0.15, 0.2) is 0 Å². The summed E-state index contributed by atoms with van der Waals surface area (Å²) in [7, 11) is 0. The molecule has 0 spiro atoms. The predicted molar refractivity (Wildman–Crippen MR) is 60.2 cm³/mol. The van der Waals surface area contributed by atoms with Crippen LogP contribution in [0, 0.1) is 0 Å². The van der Waals surface area contributed by atoms with Gasteiger partial charge < -0.3 is 10.4 Å². The van der Waals surface area contributed by atoms with Gasteiger partial charge in [0.1, 0.15) is 5.75 Å². The van der Waals surface area contributed by atoms with E-state index in [1.54, 1.807) is 25.1 Å². The number of benzene rings is 1. The minimum atomic E-state index is -0.0834. The van der Waals surface area contributed by atoms with Gasteiger partial charge in [-0.05, 0) is 19.1 Å². The zero-order valence-electron chi connectivity index (χ0n) is 7.12. The Morgan fingerprint density at radius 3 is 2.85 bits per heavy atom. The molecule has 0 saturated carbocycles. The molecule has 0 fully saturated rings. The lowest BCUT2D eigenvalue weighted by Gasteiger charge is -2.06. The number of carbonyl (C=O) groups is 1. The fourth-order valence-electron chi connectivity index (χ4n) is 0.825. The van der Waals surface area contributed by atoms with Crippen LogP contribution in [0.3, 0.4) is 0 Å². The van der Waals surface area contributed by atoms with E-state index in [1.165, 1.54) is 6.07 Å². The summed E-state index contributed by atoms with van der Waals surface area (Å²) in [5, 5.41) is 11.8. The molecule has 4 heteroatoms. The number of aromatic hydroxyl groups is 1. The number of hydrogen-bond acceptors (Lipinski definition) is 2. The smallest absolute Gasteiger partial charge is 0.237 e. The molecule has 13 heavy (non-hydrogen) atoms. The molecule has 1 rings (SSSR count). The monoisotopic (exact) mass is 291 g/mol. The van der Waals surface area contributed by atoms with E-state index in [4.69, 9.17) is 5.11 Å². The molecule has 2 N–H and O–H groups in total. The van der Waals surface area contributed by atoms with Crippen LogP contribution in [0.1, 0.15) is 6.92 Å². The third-order valence-corrected chi connectivity index (χ3v) is 2.04. The maximum absolute atomic E-state index is 11.2. The summed E-state index contributed by atoms with van der Waals surface area (Å²) in [5.41, 5.74) is 0.619. The lowest BCUT2D eigenvalue weighted by molar-refractivity contribution is -0.115. The van der Waals surface area contributed by atoms with Crippen LogP contribution in [-0.2, 0) is 4.79 Å². The van der Waals surface area contributed by atoms with E-state index in [9.17, 15) is 4.79 Å². The maximum Gasteiger partial charge on any atom is 0.237 e. The molecule has 1 aromatic carbocycles. The van der Waals surface area contributed by atoms with Gasteiger partial charge in [0.05, 0.1) is 3.92 Å². The van der Waals surface area contributed by atoms with E-state index >= 15 is 0 Å². The zero-order valence-corrected chi connectivity index (χ0v) is 9.28. The number of carbonyl (C=O) groups excluding carboxylic acids is 1. The Morgan fingerprint density at radius 2 is 2.31 bits per heavy atom. The molecule has 0 aliphatic rings. The van der Waals surface area contributed by atoms with Crippen LogP contribution in [0.4, 0.5) is 5.69 Å². The Bertz CT molecular complexity index is 312. The molecule has 0 aliphatic heterocycles. The van der Waals surface area contributed by atoms with Crippen molar-refractivity contribution in [2.45, 2.75) is 10.8 Å². The minimum absolute atomic E-state index is 0.0637. The molecular formula is C9H10INO2. The molecule has 0 radical (unpaired) electrons. The second-order valence-electron chi connectivity index (χ2n) is 2.66. The number of anilines is 1. The molecule has 1 amide bonds. The maximum atomic E-state index is 11.2. The number of amides is 1. The predicted octanol–water partition coefficient (Wildman–Crippen LogP) is 2.15. The summed E-state index contributed by atoms with van der Waals surface area (Å²) in [6.45, 7) is 1.80. The Morgan fingerprint density at radius 1 is 1.62 bits per heavy atom. The normalized spacial score (nSPS) is 12.2. The van der Waals surface area contributed by atoms with Crippen LogP contribution in [0.25, 0.3) is 0 Å². The molecule has 0 heterocycles. The van der Waals surface area contributed by atoms with Crippen molar-refractivity contribution in [1.29, 1.82) is 0 Å². The highest BCUT2D eigenvalue weighted by Crippen LogP contribution is 2.16. The number of halogens is 1. The first kappa shape index (κ1) is 10.3. The molecule has 0 aliphatic carbocycles. The highest BCUT2D eigenvalue weighted by Gasteiger charge is 2.08. The van der Waals surface area contributed by atoms with Crippen LogP contribution in [0.15, 0.2) is 24.3 Å². The fraction of sp³-hybridized carbons (Fsp3) is 0.222. The molecule has 0 saturated heterocycles. The summed E-state index contributed by atoms with van der Waals surface area (Å²) in [6, 6.07) is 6.49. The van der Waals surface area contributed by atoms with Gasteiger partial charge in [-0.15, -0.1) is 0 Å². The van der Waals surface area contributed by atoms with Crippen LogP contribution >= 0.6 is 22.6 Å². The van der Waals surface area contributed by atoms with Crippen molar-refractivity contribution in [3.63, 3.8) is 0 Å². The van der Waals surface area contributed by atoms with Crippen LogP contribution in [0.5, 0.6) is 5.75 Å².